The Morgan fingerprint density at radius 1 is 0.462 bits per heavy atom. The van der Waals surface area contributed by atoms with Gasteiger partial charge < -0.3 is 0 Å². The fourth-order valence-corrected chi connectivity index (χ4v) is 12.8. The van der Waals surface area contributed by atoms with Crippen molar-refractivity contribution in [2.45, 2.75) is 65.7 Å². The molecular weight excluding hydrogens is 485 g/mol. The van der Waals surface area contributed by atoms with E-state index >= 15 is 0 Å². The van der Waals surface area contributed by atoms with E-state index in [2.05, 4.69) is 140 Å². The van der Waals surface area contributed by atoms with E-state index in [4.69, 9.17) is 0 Å². The molecule has 0 saturated heterocycles. The average Bonchev–Trinajstić information content (AvgIpc) is 3.43. The van der Waals surface area contributed by atoms with E-state index in [0.29, 0.717) is 11.1 Å². The number of aryl methyl sites for hydroxylation is 2. The average molecular weight is 525 g/mol. The summed E-state index contributed by atoms with van der Waals surface area (Å²) < 4.78 is 0. The maximum Gasteiger partial charge on any atom is 0.0722 e. The van der Waals surface area contributed by atoms with E-state index in [1.165, 1.54) is 77.9 Å². The Morgan fingerprint density at radius 2 is 0.821 bits per heavy atom. The fourth-order valence-electron chi connectivity index (χ4n) is 7.80. The van der Waals surface area contributed by atoms with Crippen LogP contribution < -0.4 is 0 Å². The smallest absolute Gasteiger partial charge is 0.0679 e. The fraction of sp³-hybridized carbons (Fsp3) is 0.263. The van der Waals surface area contributed by atoms with Gasteiger partial charge in [0.2, 0.25) is 0 Å². The summed E-state index contributed by atoms with van der Waals surface area (Å²) in [4.78, 5) is 0. The Bertz CT molecular complexity index is 1570. The van der Waals surface area contributed by atoms with Crippen LogP contribution in [0.5, 0.6) is 0 Å². The van der Waals surface area contributed by atoms with Gasteiger partial charge in [-0.2, -0.15) is 0 Å². The van der Waals surface area contributed by atoms with Crippen molar-refractivity contribution >= 4 is 20.2 Å². The van der Waals surface area contributed by atoms with Crippen LogP contribution in [0.3, 0.4) is 0 Å². The molecule has 0 fully saturated rings. The quantitative estimate of drug-likeness (QED) is 0.233. The summed E-state index contributed by atoms with van der Waals surface area (Å²) in [6.45, 7) is 19.0. The third-order valence-electron chi connectivity index (χ3n) is 9.83. The number of fused-ring (bicyclic) bond motifs is 2. The van der Waals surface area contributed by atoms with Gasteiger partial charge in [-0.3, -0.25) is 0 Å². The second kappa shape index (κ2) is 9.35. The molecule has 2 aliphatic rings. The van der Waals surface area contributed by atoms with Gasteiger partial charge in [0.05, 0.1) is 8.07 Å². The topological polar surface area (TPSA) is 0 Å². The monoisotopic (exact) mass is 524 g/mol. The first-order valence-electron chi connectivity index (χ1n) is 14.4. The highest BCUT2D eigenvalue weighted by Crippen LogP contribution is 2.54. The number of allylic oxidation sites excluding steroid dienone is 2. The SMILES string of the molecule is CC1=Cc2c(-c3cccc(C)c3C)cccc2C1[Si](C)(C)C1C(C)=Cc2c(-c3cccc(C)c3C)cccc21. The molecular formula is C38H40Si. The summed E-state index contributed by atoms with van der Waals surface area (Å²) >= 11 is 0. The molecule has 2 unspecified atom stereocenters. The number of benzene rings is 4. The lowest BCUT2D eigenvalue weighted by molar-refractivity contribution is 0.968. The molecule has 0 amide bonds. The maximum atomic E-state index is 2.64. The molecule has 0 spiro atoms. The van der Waals surface area contributed by atoms with Crippen LogP contribution in [0.25, 0.3) is 34.4 Å². The Labute approximate surface area is 236 Å². The zero-order valence-electron chi connectivity index (χ0n) is 24.7. The Balaban J connectivity index is 1.47. The Hall–Kier alpha value is -3.42. The highest BCUT2D eigenvalue weighted by Gasteiger charge is 2.47. The van der Waals surface area contributed by atoms with E-state index in [9.17, 15) is 0 Å². The van der Waals surface area contributed by atoms with Crippen molar-refractivity contribution in [3.8, 4) is 22.3 Å². The molecule has 0 saturated carbocycles. The van der Waals surface area contributed by atoms with E-state index in [0.717, 1.165) is 0 Å². The van der Waals surface area contributed by atoms with E-state index in [1.54, 1.807) is 0 Å². The minimum atomic E-state index is -1.90. The molecule has 0 bridgehead atoms. The third-order valence-corrected chi connectivity index (χ3v) is 14.3. The highest BCUT2D eigenvalue weighted by atomic mass is 28.3. The molecule has 0 aromatic heterocycles. The van der Waals surface area contributed by atoms with Crippen LogP contribution in [0.1, 0.15) is 69.4 Å². The van der Waals surface area contributed by atoms with E-state index < -0.39 is 8.07 Å². The lowest BCUT2D eigenvalue weighted by atomic mass is 9.92. The predicted molar refractivity (Wildman–Crippen MR) is 173 cm³/mol. The van der Waals surface area contributed by atoms with Crippen LogP contribution >= 0.6 is 0 Å². The first-order chi connectivity index (χ1) is 18.6. The second-order valence-electron chi connectivity index (χ2n) is 12.6. The van der Waals surface area contributed by atoms with Crippen molar-refractivity contribution in [2.24, 2.45) is 0 Å². The summed E-state index contributed by atoms with van der Waals surface area (Å²) in [5.41, 5.74) is 21.0. The zero-order valence-corrected chi connectivity index (χ0v) is 25.7. The number of hydrogen-bond acceptors (Lipinski definition) is 0. The summed E-state index contributed by atoms with van der Waals surface area (Å²) in [5.74, 6) is 0. The number of rotatable bonds is 4. The molecule has 0 heterocycles. The predicted octanol–water partition coefficient (Wildman–Crippen LogP) is 10.7. The van der Waals surface area contributed by atoms with Gasteiger partial charge in [-0.15, -0.1) is 0 Å². The van der Waals surface area contributed by atoms with Gasteiger partial charge >= 0.3 is 0 Å². The largest absolute Gasteiger partial charge is 0.0722 e. The summed E-state index contributed by atoms with van der Waals surface area (Å²) in [5, 5.41) is 0. The van der Waals surface area contributed by atoms with Gasteiger partial charge in [-0.05, 0) is 108 Å². The molecule has 0 N–H and O–H groups in total. The first kappa shape index (κ1) is 25.8. The van der Waals surface area contributed by atoms with Gasteiger partial charge in [0.1, 0.15) is 0 Å². The first-order valence-corrected chi connectivity index (χ1v) is 17.5. The minimum Gasteiger partial charge on any atom is -0.0679 e. The van der Waals surface area contributed by atoms with Crippen LogP contribution in [0.15, 0.2) is 83.9 Å². The van der Waals surface area contributed by atoms with Gasteiger partial charge in [0.25, 0.3) is 0 Å². The molecule has 2 aliphatic carbocycles. The van der Waals surface area contributed by atoms with Crippen molar-refractivity contribution in [2.75, 3.05) is 0 Å². The van der Waals surface area contributed by atoms with Crippen LogP contribution in [0, 0.1) is 27.7 Å². The van der Waals surface area contributed by atoms with Crippen LogP contribution in [0.4, 0.5) is 0 Å². The molecule has 0 nitrogen and oxygen atoms in total. The lowest BCUT2D eigenvalue weighted by Gasteiger charge is -2.39. The molecule has 1 heteroatoms. The molecule has 196 valence electrons. The maximum absolute atomic E-state index is 2.64. The minimum absolute atomic E-state index is 0.501. The zero-order chi connectivity index (χ0) is 27.6. The van der Waals surface area contributed by atoms with Gasteiger partial charge in [-0.25, -0.2) is 0 Å². The van der Waals surface area contributed by atoms with Crippen molar-refractivity contribution < 1.29 is 0 Å². The van der Waals surface area contributed by atoms with Crippen molar-refractivity contribution in [3.63, 3.8) is 0 Å². The molecule has 2 atom stereocenters. The Kier molecular flexibility index (Phi) is 6.19. The summed E-state index contributed by atoms with van der Waals surface area (Å²) in [6.07, 6.45) is 5.01. The molecule has 4 aromatic rings. The van der Waals surface area contributed by atoms with E-state index in [-0.39, 0.29) is 0 Å². The molecule has 0 radical (unpaired) electrons. The van der Waals surface area contributed by atoms with Crippen molar-refractivity contribution in [3.05, 3.63) is 128 Å². The molecule has 0 aliphatic heterocycles. The van der Waals surface area contributed by atoms with Crippen LogP contribution in [-0.2, 0) is 0 Å². The normalized spacial score (nSPS) is 18.1. The molecule has 6 rings (SSSR count). The second-order valence-corrected chi connectivity index (χ2v) is 17.4. The molecule has 4 aromatic carbocycles. The highest BCUT2D eigenvalue weighted by molar-refractivity contribution is 6.81. The third kappa shape index (κ3) is 3.93. The van der Waals surface area contributed by atoms with Gasteiger partial charge in [0, 0.05) is 11.1 Å². The van der Waals surface area contributed by atoms with Gasteiger partial charge in [-0.1, -0.05) is 109 Å². The molecule has 39 heavy (non-hydrogen) atoms. The number of hydrogen-bond donors (Lipinski definition) is 0. The standard InChI is InChI=1S/C38H40Si/c1-23-13-9-15-29(27(23)5)31-17-11-19-33-35(31)21-25(3)37(33)39(7,8)38-26(4)22-36-32(18-12-20-34(36)38)30-16-10-14-24(2)28(30)6/h9-22,37-38H,1-8H3. The Morgan fingerprint density at radius 3 is 1.23 bits per heavy atom. The van der Waals surface area contributed by atoms with E-state index in [1.807, 2.05) is 0 Å². The lowest BCUT2D eigenvalue weighted by Crippen LogP contribution is -2.42. The summed E-state index contributed by atoms with van der Waals surface area (Å²) in [6, 6.07) is 27.5. The van der Waals surface area contributed by atoms with Crippen molar-refractivity contribution in [1.82, 2.24) is 0 Å². The van der Waals surface area contributed by atoms with Crippen LogP contribution in [0.2, 0.25) is 13.1 Å². The van der Waals surface area contributed by atoms with Crippen molar-refractivity contribution in [1.29, 1.82) is 0 Å². The van der Waals surface area contributed by atoms with Crippen LogP contribution in [-0.4, -0.2) is 8.07 Å². The summed E-state index contributed by atoms with van der Waals surface area (Å²) in [7, 11) is -1.90. The van der Waals surface area contributed by atoms with Gasteiger partial charge in [0.15, 0.2) is 0 Å².